The van der Waals surface area contributed by atoms with Crippen molar-refractivity contribution in [3.63, 3.8) is 0 Å². The molecule has 1 amide bonds. The lowest BCUT2D eigenvalue weighted by molar-refractivity contribution is -0.116. The molecule has 0 saturated heterocycles. The highest BCUT2D eigenvalue weighted by Crippen LogP contribution is 2.44. The quantitative estimate of drug-likeness (QED) is 0.560. The molecule has 0 aromatic heterocycles. The first kappa shape index (κ1) is 22.3. The predicted molar refractivity (Wildman–Crippen MR) is 126 cm³/mol. The summed E-state index contributed by atoms with van der Waals surface area (Å²) in [6.45, 7) is 6.75. The fourth-order valence-electron chi connectivity index (χ4n) is 5.32. The molecule has 0 N–H and O–H groups in total. The SMILES string of the molecule is C[C@@H]1CC[C@@H](C(C)(C)c2ccccc2)[C@H](OC(=O)N2C=CC(=O)C[C@@H]2c2ccccc2)C1. The van der Waals surface area contributed by atoms with Gasteiger partial charge in [-0.1, -0.05) is 87.9 Å². The van der Waals surface area contributed by atoms with Gasteiger partial charge < -0.3 is 4.74 Å². The number of benzene rings is 2. The van der Waals surface area contributed by atoms with E-state index in [1.54, 1.807) is 11.1 Å². The fourth-order valence-corrected chi connectivity index (χ4v) is 5.32. The summed E-state index contributed by atoms with van der Waals surface area (Å²) in [6.07, 6.45) is 5.84. The predicted octanol–water partition coefficient (Wildman–Crippen LogP) is 6.44. The fraction of sp³-hybridized carbons (Fsp3) is 0.429. The molecule has 32 heavy (non-hydrogen) atoms. The van der Waals surface area contributed by atoms with Crippen LogP contribution in [-0.2, 0) is 14.9 Å². The molecule has 2 aromatic carbocycles. The summed E-state index contributed by atoms with van der Waals surface area (Å²) in [5.74, 6) is 0.770. The number of hydrogen-bond acceptors (Lipinski definition) is 3. The van der Waals surface area contributed by atoms with E-state index < -0.39 is 0 Å². The van der Waals surface area contributed by atoms with Gasteiger partial charge >= 0.3 is 6.09 Å². The molecule has 0 unspecified atom stereocenters. The zero-order valence-corrected chi connectivity index (χ0v) is 19.2. The number of carbonyl (C=O) groups is 2. The third-order valence-corrected chi connectivity index (χ3v) is 7.30. The van der Waals surface area contributed by atoms with Crippen LogP contribution in [0.5, 0.6) is 0 Å². The summed E-state index contributed by atoms with van der Waals surface area (Å²) < 4.78 is 6.23. The summed E-state index contributed by atoms with van der Waals surface area (Å²) in [5.41, 5.74) is 2.10. The second kappa shape index (κ2) is 9.32. The Labute approximate surface area is 191 Å². The van der Waals surface area contributed by atoms with E-state index in [9.17, 15) is 9.59 Å². The zero-order valence-electron chi connectivity index (χ0n) is 19.2. The highest BCUT2D eigenvalue weighted by molar-refractivity contribution is 5.92. The normalized spacial score (nSPS) is 26.1. The molecule has 1 fully saturated rings. The van der Waals surface area contributed by atoms with E-state index in [0.29, 0.717) is 5.92 Å². The molecule has 4 nitrogen and oxygen atoms in total. The van der Waals surface area contributed by atoms with Crippen molar-refractivity contribution in [2.45, 2.75) is 64.0 Å². The standard InChI is InChI=1S/C28H33NO3/c1-20-14-15-24(28(2,3)22-12-8-5-9-13-22)26(18-20)32-27(31)29-17-16-23(30)19-25(29)21-10-6-4-7-11-21/h4-13,16-17,20,24-26H,14-15,18-19H2,1-3H3/t20-,24-,25-,26-/m1/s1. The van der Waals surface area contributed by atoms with Crippen LogP contribution in [0.25, 0.3) is 0 Å². The van der Waals surface area contributed by atoms with E-state index in [4.69, 9.17) is 4.74 Å². The van der Waals surface area contributed by atoms with Crippen molar-refractivity contribution < 1.29 is 14.3 Å². The van der Waals surface area contributed by atoms with Gasteiger partial charge in [0.15, 0.2) is 5.78 Å². The molecule has 2 aromatic rings. The monoisotopic (exact) mass is 431 g/mol. The number of rotatable bonds is 4. The Hall–Kier alpha value is -2.88. The van der Waals surface area contributed by atoms with Crippen LogP contribution in [0.4, 0.5) is 4.79 Å². The van der Waals surface area contributed by atoms with E-state index in [1.165, 1.54) is 11.6 Å². The maximum Gasteiger partial charge on any atom is 0.414 e. The van der Waals surface area contributed by atoms with Crippen LogP contribution in [-0.4, -0.2) is 22.9 Å². The van der Waals surface area contributed by atoms with Gasteiger partial charge in [-0.15, -0.1) is 0 Å². The van der Waals surface area contributed by atoms with Gasteiger partial charge in [-0.05, 0) is 41.4 Å². The average Bonchev–Trinajstić information content (AvgIpc) is 2.80. The van der Waals surface area contributed by atoms with Gasteiger partial charge in [0.05, 0.1) is 6.04 Å². The van der Waals surface area contributed by atoms with E-state index >= 15 is 0 Å². The molecule has 4 heteroatoms. The number of carbonyl (C=O) groups excluding carboxylic acids is 2. The molecule has 0 radical (unpaired) electrons. The lowest BCUT2D eigenvalue weighted by atomic mass is 9.64. The van der Waals surface area contributed by atoms with Gasteiger partial charge in [0, 0.05) is 18.5 Å². The van der Waals surface area contributed by atoms with Gasteiger partial charge in [0.25, 0.3) is 0 Å². The Bertz CT molecular complexity index is 967. The molecule has 4 atom stereocenters. The average molecular weight is 432 g/mol. The smallest absolute Gasteiger partial charge is 0.414 e. The number of amides is 1. The Kier molecular flexibility index (Phi) is 6.50. The minimum Gasteiger partial charge on any atom is -0.446 e. The van der Waals surface area contributed by atoms with Crippen LogP contribution in [0.15, 0.2) is 72.9 Å². The summed E-state index contributed by atoms with van der Waals surface area (Å²) in [7, 11) is 0. The van der Waals surface area contributed by atoms with Crippen LogP contribution in [0.3, 0.4) is 0 Å². The lowest BCUT2D eigenvalue weighted by Gasteiger charge is -2.44. The van der Waals surface area contributed by atoms with Gasteiger partial charge in [0.2, 0.25) is 0 Å². The van der Waals surface area contributed by atoms with Crippen LogP contribution in [0, 0.1) is 11.8 Å². The van der Waals surface area contributed by atoms with E-state index in [1.807, 2.05) is 36.4 Å². The Morgan fingerprint density at radius 2 is 1.66 bits per heavy atom. The van der Waals surface area contributed by atoms with Crippen LogP contribution in [0.2, 0.25) is 0 Å². The highest BCUT2D eigenvalue weighted by Gasteiger charge is 2.43. The molecule has 1 saturated carbocycles. The van der Waals surface area contributed by atoms with Crippen molar-refractivity contribution in [3.8, 4) is 0 Å². The molecule has 0 spiro atoms. The summed E-state index contributed by atoms with van der Waals surface area (Å²) in [4.78, 5) is 27.1. The molecule has 0 bridgehead atoms. The Morgan fingerprint density at radius 1 is 1.00 bits per heavy atom. The minimum absolute atomic E-state index is 0.0253. The summed E-state index contributed by atoms with van der Waals surface area (Å²) >= 11 is 0. The van der Waals surface area contributed by atoms with Crippen LogP contribution in [0.1, 0.15) is 63.6 Å². The van der Waals surface area contributed by atoms with Crippen molar-refractivity contribution in [3.05, 3.63) is 84.1 Å². The third-order valence-electron chi connectivity index (χ3n) is 7.30. The first-order chi connectivity index (χ1) is 15.4. The second-order valence-electron chi connectivity index (χ2n) is 9.85. The Balaban J connectivity index is 1.58. The largest absolute Gasteiger partial charge is 0.446 e. The van der Waals surface area contributed by atoms with Gasteiger partial charge in [-0.3, -0.25) is 9.69 Å². The molecule has 1 aliphatic carbocycles. The third kappa shape index (κ3) is 4.64. The molecular formula is C28H33NO3. The first-order valence-corrected chi connectivity index (χ1v) is 11.7. The maximum absolute atomic E-state index is 13.4. The van der Waals surface area contributed by atoms with Crippen molar-refractivity contribution in [1.82, 2.24) is 4.90 Å². The summed E-state index contributed by atoms with van der Waals surface area (Å²) in [6, 6.07) is 19.9. The Morgan fingerprint density at radius 3 is 2.34 bits per heavy atom. The minimum atomic E-state index is -0.365. The van der Waals surface area contributed by atoms with Crippen molar-refractivity contribution in [1.29, 1.82) is 0 Å². The van der Waals surface area contributed by atoms with Crippen LogP contribution >= 0.6 is 0 Å². The van der Waals surface area contributed by atoms with Crippen LogP contribution < -0.4 is 0 Å². The first-order valence-electron chi connectivity index (χ1n) is 11.7. The molecule has 2 aliphatic rings. The van der Waals surface area contributed by atoms with Crippen molar-refractivity contribution in [2.24, 2.45) is 11.8 Å². The number of allylic oxidation sites excluding steroid dienone is 1. The van der Waals surface area contributed by atoms with E-state index in [-0.39, 0.29) is 41.8 Å². The van der Waals surface area contributed by atoms with Gasteiger partial charge in [-0.25, -0.2) is 4.79 Å². The van der Waals surface area contributed by atoms with Gasteiger partial charge in [0.1, 0.15) is 6.10 Å². The second-order valence-corrected chi connectivity index (χ2v) is 9.85. The highest BCUT2D eigenvalue weighted by atomic mass is 16.6. The number of ketones is 1. The van der Waals surface area contributed by atoms with E-state index in [2.05, 4.69) is 45.0 Å². The molecule has 168 valence electrons. The number of ether oxygens (including phenoxy) is 1. The molecule has 4 rings (SSSR count). The lowest BCUT2D eigenvalue weighted by Crippen LogP contribution is -2.45. The van der Waals surface area contributed by atoms with Crippen molar-refractivity contribution >= 4 is 11.9 Å². The molecule has 1 heterocycles. The molecular weight excluding hydrogens is 398 g/mol. The topological polar surface area (TPSA) is 46.6 Å². The van der Waals surface area contributed by atoms with E-state index in [0.717, 1.165) is 24.8 Å². The van der Waals surface area contributed by atoms with Crippen molar-refractivity contribution in [2.75, 3.05) is 0 Å². The molecule has 1 aliphatic heterocycles. The van der Waals surface area contributed by atoms with Gasteiger partial charge in [-0.2, -0.15) is 0 Å². The summed E-state index contributed by atoms with van der Waals surface area (Å²) in [5, 5.41) is 0. The maximum atomic E-state index is 13.4. The number of nitrogens with zero attached hydrogens (tertiary/aromatic N) is 1. The number of hydrogen-bond donors (Lipinski definition) is 0. The zero-order chi connectivity index (χ0) is 22.7.